The van der Waals surface area contributed by atoms with E-state index in [2.05, 4.69) is 0 Å². The highest BCUT2D eigenvalue weighted by atomic mass is 35.5. The minimum atomic E-state index is -1.67. The summed E-state index contributed by atoms with van der Waals surface area (Å²) in [4.78, 5) is 43.4. The quantitative estimate of drug-likeness (QED) is 0.463. The topological polar surface area (TPSA) is 54.5 Å². The van der Waals surface area contributed by atoms with Crippen molar-refractivity contribution in [2.24, 2.45) is 5.41 Å². The SMILES string of the molecule is CC(=O)C1C(c2ccccc2F)C2(C(=O)c3ccccc3C2=O)C2C=Cc3cc(Cl)ccc3N12. The number of nitrogens with zero attached hydrogens (tertiary/aromatic N) is 1. The summed E-state index contributed by atoms with van der Waals surface area (Å²) in [6.07, 6.45) is 3.62. The number of fused-ring (bicyclic) bond motifs is 5. The molecule has 3 unspecified atom stereocenters. The van der Waals surface area contributed by atoms with Gasteiger partial charge in [0.1, 0.15) is 11.2 Å². The summed E-state index contributed by atoms with van der Waals surface area (Å²) in [6.45, 7) is 1.43. The van der Waals surface area contributed by atoms with Gasteiger partial charge in [0.05, 0.1) is 12.1 Å². The Hall–Kier alpha value is -3.57. The Morgan fingerprint density at radius 3 is 2.26 bits per heavy atom. The van der Waals surface area contributed by atoms with E-state index in [0.29, 0.717) is 21.8 Å². The second-order valence-corrected chi connectivity index (χ2v) is 9.48. The van der Waals surface area contributed by atoms with Crippen LogP contribution < -0.4 is 4.90 Å². The van der Waals surface area contributed by atoms with Crippen molar-refractivity contribution in [3.8, 4) is 0 Å². The van der Waals surface area contributed by atoms with Crippen LogP contribution in [0.25, 0.3) is 6.08 Å². The largest absolute Gasteiger partial charge is 0.352 e. The zero-order valence-electron chi connectivity index (χ0n) is 18.2. The number of rotatable bonds is 2. The molecule has 0 radical (unpaired) electrons. The maximum atomic E-state index is 15.3. The van der Waals surface area contributed by atoms with Crippen molar-refractivity contribution in [1.29, 1.82) is 0 Å². The lowest BCUT2D eigenvalue weighted by Gasteiger charge is -2.37. The van der Waals surface area contributed by atoms with E-state index in [0.717, 1.165) is 5.56 Å². The van der Waals surface area contributed by atoms with Gasteiger partial charge in [0, 0.05) is 27.8 Å². The summed E-state index contributed by atoms with van der Waals surface area (Å²) in [7, 11) is 0. The van der Waals surface area contributed by atoms with Crippen LogP contribution in [0.2, 0.25) is 5.02 Å². The third kappa shape index (κ3) is 2.50. The van der Waals surface area contributed by atoms with E-state index in [1.165, 1.54) is 13.0 Å². The lowest BCUT2D eigenvalue weighted by atomic mass is 9.64. The van der Waals surface area contributed by atoms with Crippen LogP contribution in [-0.4, -0.2) is 29.4 Å². The molecule has 2 heterocycles. The Bertz CT molecular complexity index is 1410. The number of anilines is 1. The van der Waals surface area contributed by atoms with Crippen LogP contribution in [0.5, 0.6) is 0 Å². The molecule has 168 valence electrons. The van der Waals surface area contributed by atoms with Crippen LogP contribution in [0.4, 0.5) is 10.1 Å². The number of hydrogen-bond donors (Lipinski definition) is 0. The average Bonchev–Trinajstić information content (AvgIpc) is 3.26. The van der Waals surface area contributed by atoms with Crippen LogP contribution in [0.15, 0.2) is 72.8 Å². The molecule has 1 saturated heterocycles. The molecule has 34 heavy (non-hydrogen) atoms. The first-order valence-electron chi connectivity index (χ1n) is 11.1. The molecule has 6 heteroatoms. The molecule has 1 fully saturated rings. The lowest BCUT2D eigenvalue weighted by molar-refractivity contribution is -0.118. The molecule has 0 amide bonds. The van der Waals surface area contributed by atoms with E-state index in [1.54, 1.807) is 66.7 Å². The summed E-state index contributed by atoms with van der Waals surface area (Å²) >= 11 is 6.21. The van der Waals surface area contributed by atoms with Gasteiger partial charge in [-0.15, -0.1) is 0 Å². The standard InChI is InChI=1S/C28H19ClFNO3/c1-15(32)25-24(20-8-4-5-9-21(20)30)28(26(33)18-6-2-3-7-19(18)27(28)34)23-13-10-16-14-17(29)11-12-22(16)31(23)25/h2-14,23-25H,1H3. The van der Waals surface area contributed by atoms with Gasteiger partial charge in [-0.25, -0.2) is 4.39 Å². The van der Waals surface area contributed by atoms with Crippen molar-refractivity contribution in [2.75, 3.05) is 4.90 Å². The van der Waals surface area contributed by atoms with Gasteiger partial charge in [0.25, 0.3) is 0 Å². The summed E-state index contributed by atoms with van der Waals surface area (Å²) in [5.74, 6) is -2.54. The van der Waals surface area contributed by atoms with E-state index in [1.807, 2.05) is 11.0 Å². The summed E-state index contributed by atoms with van der Waals surface area (Å²) in [5.41, 5.74) is 0.606. The molecule has 3 aromatic carbocycles. The van der Waals surface area contributed by atoms with Gasteiger partial charge < -0.3 is 4.90 Å². The Morgan fingerprint density at radius 2 is 1.62 bits per heavy atom. The Kier molecular flexibility index (Phi) is 4.45. The van der Waals surface area contributed by atoms with Crippen LogP contribution in [0.1, 0.15) is 44.7 Å². The number of hydrogen-bond acceptors (Lipinski definition) is 4. The Morgan fingerprint density at radius 1 is 0.971 bits per heavy atom. The molecule has 4 nitrogen and oxygen atoms in total. The number of benzene rings is 3. The fourth-order valence-corrected chi connectivity index (χ4v) is 6.35. The first-order valence-corrected chi connectivity index (χ1v) is 11.4. The zero-order chi connectivity index (χ0) is 23.8. The van der Waals surface area contributed by atoms with Gasteiger partial charge in [-0.05, 0) is 42.3 Å². The smallest absolute Gasteiger partial charge is 0.180 e. The van der Waals surface area contributed by atoms with Crippen molar-refractivity contribution >= 4 is 40.7 Å². The first kappa shape index (κ1) is 21.0. The highest BCUT2D eigenvalue weighted by Gasteiger charge is 2.71. The second kappa shape index (κ2) is 7.21. The van der Waals surface area contributed by atoms with Crippen molar-refractivity contribution in [2.45, 2.75) is 24.9 Å². The third-order valence-corrected chi connectivity index (χ3v) is 7.66. The molecule has 3 atom stereocenters. The number of carbonyl (C=O) groups excluding carboxylic acids is 3. The molecule has 6 rings (SSSR count). The zero-order valence-corrected chi connectivity index (χ0v) is 18.9. The van der Waals surface area contributed by atoms with Gasteiger partial charge in [-0.3, -0.25) is 14.4 Å². The average molecular weight is 472 g/mol. The molecule has 2 aliphatic heterocycles. The molecule has 1 aliphatic carbocycles. The van der Waals surface area contributed by atoms with Crippen molar-refractivity contribution < 1.29 is 18.8 Å². The maximum absolute atomic E-state index is 15.3. The molecule has 3 aromatic rings. The predicted molar refractivity (Wildman–Crippen MR) is 128 cm³/mol. The molecule has 0 N–H and O–H groups in total. The third-order valence-electron chi connectivity index (χ3n) is 7.42. The first-order chi connectivity index (χ1) is 16.4. The normalized spacial score (nSPS) is 23.7. The summed E-state index contributed by atoms with van der Waals surface area (Å²) < 4.78 is 15.3. The molecule has 3 aliphatic rings. The van der Waals surface area contributed by atoms with Gasteiger partial charge in [-0.1, -0.05) is 66.2 Å². The van der Waals surface area contributed by atoms with E-state index < -0.39 is 29.2 Å². The highest BCUT2D eigenvalue weighted by molar-refractivity contribution is 6.32. The van der Waals surface area contributed by atoms with Crippen molar-refractivity contribution in [1.82, 2.24) is 0 Å². The molecule has 0 saturated carbocycles. The molecule has 1 spiro atoms. The lowest BCUT2D eigenvalue weighted by Crippen LogP contribution is -2.48. The van der Waals surface area contributed by atoms with E-state index >= 15 is 4.39 Å². The fourth-order valence-electron chi connectivity index (χ4n) is 6.17. The minimum Gasteiger partial charge on any atom is -0.352 e. The molecule has 0 bridgehead atoms. The minimum absolute atomic E-state index is 0.190. The monoisotopic (exact) mass is 471 g/mol. The van der Waals surface area contributed by atoms with Crippen molar-refractivity contribution in [3.05, 3.63) is 106 Å². The molecular weight excluding hydrogens is 453 g/mol. The highest BCUT2D eigenvalue weighted by Crippen LogP contribution is 2.60. The van der Waals surface area contributed by atoms with Crippen LogP contribution in [0.3, 0.4) is 0 Å². The summed E-state index contributed by atoms with van der Waals surface area (Å²) in [6, 6.07) is 16.4. The Labute approximate surface area is 200 Å². The van der Waals surface area contributed by atoms with Crippen molar-refractivity contribution in [3.63, 3.8) is 0 Å². The van der Waals surface area contributed by atoms with Gasteiger partial charge in [-0.2, -0.15) is 0 Å². The number of ketones is 3. The van der Waals surface area contributed by atoms with Crippen LogP contribution in [-0.2, 0) is 4.79 Å². The molecule has 0 aromatic heterocycles. The maximum Gasteiger partial charge on any atom is 0.180 e. The summed E-state index contributed by atoms with van der Waals surface area (Å²) in [5, 5.41) is 0.529. The predicted octanol–water partition coefficient (Wildman–Crippen LogP) is 5.50. The van der Waals surface area contributed by atoms with Gasteiger partial charge >= 0.3 is 0 Å². The van der Waals surface area contributed by atoms with E-state index in [-0.39, 0.29) is 22.9 Å². The van der Waals surface area contributed by atoms with Gasteiger partial charge in [0.2, 0.25) is 0 Å². The van der Waals surface area contributed by atoms with Crippen LogP contribution in [0, 0.1) is 11.2 Å². The van der Waals surface area contributed by atoms with Gasteiger partial charge in [0.15, 0.2) is 17.3 Å². The fraction of sp³-hybridized carbons (Fsp3) is 0.179. The number of halogens is 2. The molecular formula is C28H19ClFNO3. The van der Waals surface area contributed by atoms with Crippen LogP contribution >= 0.6 is 11.6 Å². The second-order valence-electron chi connectivity index (χ2n) is 9.04. The van der Waals surface area contributed by atoms with E-state index in [4.69, 9.17) is 11.6 Å². The Balaban J connectivity index is 1.70. The number of Topliss-reactive ketones (excluding diaryl/α,β-unsaturated/α-hetero) is 3. The van der Waals surface area contributed by atoms with E-state index in [9.17, 15) is 14.4 Å². The number of carbonyl (C=O) groups is 3.